The van der Waals surface area contributed by atoms with Crippen LogP contribution in [0.25, 0.3) is 0 Å². The SMILES string of the molecule is COC1(CNC(=O)N2CCC(C)(C(=O)O)C2)CCC1. The maximum absolute atomic E-state index is 12.0. The Morgan fingerprint density at radius 1 is 1.37 bits per heavy atom. The monoisotopic (exact) mass is 270 g/mol. The third-order valence-electron chi connectivity index (χ3n) is 4.54. The van der Waals surface area contributed by atoms with Gasteiger partial charge in [0.15, 0.2) is 0 Å². The summed E-state index contributed by atoms with van der Waals surface area (Å²) in [5.41, 5.74) is -1.02. The number of amides is 2. The van der Waals surface area contributed by atoms with Gasteiger partial charge in [0, 0.05) is 26.7 Å². The Hall–Kier alpha value is -1.30. The number of nitrogens with one attached hydrogen (secondary N) is 1. The Morgan fingerprint density at radius 3 is 2.47 bits per heavy atom. The number of rotatable bonds is 4. The fourth-order valence-corrected chi connectivity index (χ4v) is 2.68. The Morgan fingerprint density at radius 2 is 2.05 bits per heavy atom. The highest BCUT2D eigenvalue weighted by molar-refractivity contribution is 5.79. The molecule has 2 fully saturated rings. The van der Waals surface area contributed by atoms with Crippen LogP contribution in [0.5, 0.6) is 0 Å². The average molecular weight is 270 g/mol. The molecule has 1 unspecified atom stereocenters. The van der Waals surface area contributed by atoms with Crippen LogP contribution in [0, 0.1) is 5.41 Å². The Balaban J connectivity index is 1.83. The van der Waals surface area contributed by atoms with Gasteiger partial charge in [-0.2, -0.15) is 0 Å². The minimum absolute atomic E-state index is 0.187. The van der Waals surface area contributed by atoms with E-state index >= 15 is 0 Å². The first-order valence-electron chi connectivity index (χ1n) is 6.72. The lowest BCUT2D eigenvalue weighted by molar-refractivity contribution is -0.147. The molecule has 1 aliphatic heterocycles. The molecule has 1 heterocycles. The third-order valence-corrected chi connectivity index (χ3v) is 4.54. The maximum Gasteiger partial charge on any atom is 0.317 e. The zero-order chi connectivity index (χ0) is 14.1. The number of ether oxygens (including phenoxy) is 1. The Bertz CT molecular complexity index is 375. The molecule has 1 saturated carbocycles. The molecule has 0 aromatic heterocycles. The summed E-state index contributed by atoms with van der Waals surface area (Å²) in [6, 6.07) is -0.187. The highest BCUT2D eigenvalue weighted by atomic mass is 16.5. The van der Waals surface area contributed by atoms with Gasteiger partial charge in [-0.15, -0.1) is 0 Å². The number of urea groups is 1. The second-order valence-electron chi connectivity index (χ2n) is 5.94. The fraction of sp³-hybridized carbons (Fsp3) is 0.846. The standard InChI is InChI=1S/C13H22N2O4/c1-12(10(16)17)6-7-15(9-12)11(18)14-8-13(19-2)4-3-5-13/h3-9H2,1-2H3,(H,14,18)(H,16,17). The summed E-state index contributed by atoms with van der Waals surface area (Å²) >= 11 is 0. The van der Waals surface area contributed by atoms with Gasteiger partial charge in [0.25, 0.3) is 0 Å². The van der Waals surface area contributed by atoms with E-state index in [4.69, 9.17) is 9.84 Å². The summed E-state index contributed by atoms with van der Waals surface area (Å²) < 4.78 is 5.44. The second-order valence-corrected chi connectivity index (χ2v) is 5.94. The first-order chi connectivity index (χ1) is 8.91. The molecule has 108 valence electrons. The van der Waals surface area contributed by atoms with Gasteiger partial charge in [-0.1, -0.05) is 0 Å². The van der Waals surface area contributed by atoms with E-state index in [0.717, 1.165) is 19.3 Å². The number of carbonyl (C=O) groups is 2. The number of carboxylic acids is 1. The summed E-state index contributed by atoms with van der Waals surface area (Å²) in [5.74, 6) is -0.838. The molecule has 0 aromatic rings. The highest BCUT2D eigenvalue weighted by Gasteiger charge is 2.43. The number of hydrogen-bond donors (Lipinski definition) is 2. The first kappa shape index (κ1) is 14.1. The average Bonchev–Trinajstić information content (AvgIpc) is 2.72. The van der Waals surface area contributed by atoms with Crippen molar-refractivity contribution in [3.8, 4) is 0 Å². The van der Waals surface area contributed by atoms with Crippen molar-refractivity contribution < 1.29 is 19.4 Å². The smallest absolute Gasteiger partial charge is 0.317 e. The van der Waals surface area contributed by atoms with Crippen molar-refractivity contribution in [2.45, 2.75) is 38.2 Å². The quantitative estimate of drug-likeness (QED) is 0.800. The van der Waals surface area contributed by atoms with Crippen LogP contribution >= 0.6 is 0 Å². The molecule has 2 N–H and O–H groups in total. The molecule has 0 spiro atoms. The normalized spacial score (nSPS) is 28.8. The lowest BCUT2D eigenvalue weighted by Crippen LogP contribution is -2.52. The van der Waals surface area contributed by atoms with Crippen LogP contribution in [-0.4, -0.2) is 54.4 Å². The predicted molar refractivity (Wildman–Crippen MR) is 68.9 cm³/mol. The molecule has 0 bridgehead atoms. The summed E-state index contributed by atoms with van der Waals surface area (Å²) in [4.78, 5) is 24.7. The lowest BCUT2D eigenvalue weighted by atomic mass is 9.80. The van der Waals surface area contributed by atoms with E-state index in [-0.39, 0.29) is 18.2 Å². The van der Waals surface area contributed by atoms with E-state index in [1.54, 1.807) is 18.9 Å². The van der Waals surface area contributed by atoms with E-state index in [1.807, 2.05) is 0 Å². The number of nitrogens with zero attached hydrogens (tertiary/aromatic N) is 1. The topological polar surface area (TPSA) is 78.9 Å². The van der Waals surface area contributed by atoms with Crippen molar-refractivity contribution in [3.05, 3.63) is 0 Å². The van der Waals surface area contributed by atoms with Gasteiger partial charge in [0.1, 0.15) is 0 Å². The molecule has 1 aliphatic carbocycles. The van der Waals surface area contributed by atoms with Crippen molar-refractivity contribution in [1.82, 2.24) is 10.2 Å². The summed E-state index contributed by atoms with van der Waals surface area (Å²) in [6.07, 6.45) is 3.57. The lowest BCUT2D eigenvalue weighted by Gasteiger charge is -2.40. The van der Waals surface area contributed by atoms with E-state index in [9.17, 15) is 9.59 Å². The van der Waals surface area contributed by atoms with Crippen molar-refractivity contribution in [2.24, 2.45) is 5.41 Å². The number of carbonyl (C=O) groups excluding carboxylic acids is 1. The molecule has 1 saturated heterocycles. The molecule has 6 nitrogen and oxygen atoms in total. The Kier molecular flexibility index (Phi) is 3.71. The van der Waals surface area contributed by atoms with Gasteiger partial charge < -0.3 is 20.1 Å². The summed E-state index contributed by atoms with van der Waals surface area (Å²) in [5, 5.41) is 12.0. The molecule has 19 heavy (non-hydrogen) atoms. The number of carboxylic acid groups (broad SMARTS) is 1. The van der Waals surface area contributed by atoms with E-state index in [1.165, 1.54) is 0 Å². The van der Waals surface area contributed by atoms with Crippen LogP contribution in [0.3, 0.4) is 0 Å². The van der Waals surface area contributed by atoms with Gasteiger partial charge in [-0.3, -0.25) is 4.79 Å². The molecule has 6 heteroatoms. The zero-order valence-electron chi connectivity index (χ0n) is 11.6. The fourth-order valence-electron chi connectivity index (χ4n) is 2.68. The first-order valence-corrected chi connectivity index (χ1v) is 6.72. The summed E-state index contributed by atoms with van der Waals surface area (Å²) in [7, 11) is 1.67. The van der Waals surface area contributed by atoms with Crippen LogP contribution in [0.2, 0.25) is 0 Å². The van der Waals surface area contributed by atoms with Crippen molar-refractivity contribution in [3.63, 3.8) is 0 Å². The molecule has 0 aromatic carbocycles. The molecule has 0 radical (unpaired) electrons. The molecular formula is C13H22N2O4. The molecule has 2 amide bonds. The van der Waals surface area contributed by atoms with Gasteiger partial charge >= 0.3 is 12.0 Å². The maximum atomic E-state index is 12.0. The second kappa shape index (κ2) is 5.00. The minimum Gasteiger partial charge on any atom is -0.481 e. The van der Waals surface area contributed by atoms with Crippen molar-refractivity contribution in [1.29, 1.82) is 0 Å². The molecular weight excluding hydrogens is 248 g/mol. The van der Waals surface area contributed by atoms with Crippen LogP contribution in [0.4, 0.5) is 4.79 Å². The number of aliphatic carboxylic acids is 1. The summed E-state index contributed by atoms with van der Waals surface area (Å²) in [6.45, 7) is 2.95. The molecule has 1 atom stereocenters. The van der Waals surface area contributed by atoms with Crippen LogP contribution in [-0.2, 0) is 9.53 Å². The predicted octanol–water partition coefficient (Wildman–Crippen LogP) is 1.06. The van der Waals surface area contributed by atoms with Crippen molar-refractivity contribution in [2.75, 3.05) is 26.7 Å². The number of methoxy groups -OCH3 is 1. The largest absolute Gasteiger partial charge is 0.481 e. The van der Waals surface area contributed by atoms with Crippen molar-refractivity contribution >= 4 is 12.0 Å². The van der Waals surface area contributed by atoms with E-state index in [2.05, 4.69) is 5.32 Å². The van der Waals surface area contributed by atoms with Crippen LogP contribution < -0.4 is 5.32 Å². The molecule has 2 aliphatic rings. The minimum atomic E-state index is -0.838. The zero-order valence-corrected chi connectivity index (χ0v) is 11.6. The van der Waals surface area contributed by atoms with Crippen LogP contribution in [0.15, 0.2) is 0 Å². The van der Waals surface area contributed by atoms with Crippen LogP contribution in [0.1, 0.15) is 32.6 Å². The highest BCUT2D eigenvalue weighted by Crippen LogP contribution is 2.34. The number of hydrogen-bond acceptors (Lipinski definition) is 3. The Labute approximate surface area is 113 Å². The van der Waals surface area contributed by atoms with Gasteiger partial charge in [0.05, 0.1) is 11.0 Å². The van der Waals surface area contributed by atoms with Gasteiger partial charge in [-0.05, 0) is 32.6 Å². The third kappa shape index (κ3) is 2.68. The van der Waals surface area contributed by atoms with Gasteiger partial charge in [0.2, 0.25) is 0 Å². The van der Waals surface area contributed by atoms with E-state index in [0.29, 0.717) is 19.5 Å². The number of likely N-dealkylation sites (tertiary alicyclic amines) is 1. The van der Waals surface area contributed by atoms with Gasteiger partial charge in [-0.25, -0.2) is 4.79 Å². The van der Waals surface area contributed by atoms with E-state index < -0.39 is 11.4 Å². The molecule has 2 rings (SSSR count).